The molecule has 0 spiro atoms. The van der Waals surface area contributed by atoms with E-state index in [4.69, 9.17) is 4.74 Å². The standard InChI is InChI=1S/C35H54O3S2/c1-16-17-28(36)38-30-26(33(8,9)10)20-23(21-27(30)34(11,12)13)40-35(14,15)39-22-18-24(31(2,3)4)29(37)25(19-22)32(5,6)7/h18-21,37H,16-17H2,1-15H3. The molecule has 0 atom stereocenters. The highest BCUT2D eigenvalue weighted by molar-refractivity contribution is 8.18. The van der Waals surface area contributed by atoms with Crippen molar-refractivity contribution in [3.8, 4) is 11.5 Å². The highest BCUT2D eigenvalue weighted by Crippen LogP contribution is 2.51. The molecule has 0 bridgehead atoms. The predicted octanol–water partition coefficient (Wildman–Crippen LogP) is 10.9. The molecule has 0 aliphatic heterocycles. The van der Waals surface area contributed by atoms with Crippen molar-refractivity contribution >= 4 is 29.5 Å². The van der Waals surface area contributed by atoms with E-state index in [1.54, 1.807) is 0 Å². The Hall–Kier alpha value is -1.59. The maximum absolute atomic E-state index is 12.7. The van der Waals surface area contributed by atoms with Gasteiger partial charge in [0.15, 0.2) is 0 Å². The number of phenols is 1. The topological polar surface area (TPSA) is 46.5 Å². The summed E-state index contributed by atoms with van der Waals surface area (Å²) in [4.78, 5) is 15.0. The number of aromatic hydroxyl groups is 1. The molecule has 0 aliphatic carbocycles. The van der Waals surface area contributed by atoms with Crippen LogP contribution in [0.4, 0.5) is 0 Å². The third-order valence-electron chi connectivity index (χ3n) is 6.78. The summed E-state index contributed by atoms with van der Waals surface area (Å²) >= 11 is 3.65. The van der Waals surface area contributed by atoms with Crippen LogP contribution in [0.15, 0.2) is 34.1 Å². The number of hydrogen-bond acceptors (Lipinski definition) is 5. The van der Waals surface area contributed by atoms with Crippen LogP contribution in [0.1, 0.15) is 139 Å². The maximum Gasteiger partial charge on any atom is 0.311 e. The van der Waals surface area contributed by atoms with Crippen molar-refractivity contribution < 1.29 is 14.6 Å². The van der Waals surface area contributed by atoms with Gasteiger partial charge < -0.3 is 9.84 Å². The summed E-state index contributed by atoms with van der Waals surface area (Å²) in [6, 6.07) is 8.76. The second-order valence-electron chi connectivity index (χ2n) is 15.5. The molecule has 5 heteroatoms. The summed E-state index contributed by atoms with van der Waals surface area (Å²) in [6.45, 7) is 32.5. The van der Waals surface area contributed by atoms with Crippen molar-refractivity contribution in [2.24, 2.45) is 0 Å². The fourth-order valence-electron chi connectivity index (χ4n) is 4.65. The van der Waals surface area contributed by atoms with Gasteiger partial charge in [-0.25, -0.2) is 0 Å². The molecule has 0 saturated carbocycles. The quantitative estimate of drug-likeness (QED) is 0.151. The monoisotopic (exact) mass is 586 g/mol. The van der Waals surface area contributed by atoms with E-state index in [1.165, 1.54) is 0 Å². The van der Waals surface area contributed by atoms with E-state index in [9.17, 15) is 9.90 Å². The van der Waals surface area contributed by atoms with Crippen LogP contribution in [0.5, 0.6) is 11.5 Å². The fourth-order valence-corrected chi connectivity index (χ4v) is 7.24. The van der Waals surface area contributed by atoms with E-state index in [1.807, 2.05) is 30.4 Å². The smallest absolute Gasteiger partial charge is 0.311 e. The third kappa shape index (κ3) is 8.95. The lowest BCUT2D eigenvalue weighted by atomic mass is 9.79. The highest BCUT2D eigenvalue weighted by Gasteiger charge is 2.32. The van der Waals surface area contributed by atoms with Crippen molar-refractivity contribution in [2.75, 3.05) is 0 Å². The van der Waals surface area contributed by atoms with E-state index in [0.29, 0.717) is 12.2 Å². The molecular formula is C35H54O3S2. The lowest BCUT2D eigenvalue weighted by Gasteiger charge is -2.32. The lowest BCUT2D eigenvalue weighted by Crippen LogP contribution is -2.22. The molecule has 0 radical (unpaired) electrons. The molecule has 2 rings (SSSR count). The van der Waals surface area contributed by atoms with Crippen molar-refractivity contribution in [3.05, 3.63) is 46.5 Å². The van der Waals surface area contributed by atoms with E-state index >= 15 is 0 Å². The number of esters is 1. The van der Waals surface area contributed by atoms with Crippen LogP contribution in [-0.2, 0) is 26.5 Å². The maximum atomic E-state index is 12.7. The summed E-state index contributed by atoms with van der Waals surface area (Å²) in [5.41, 5.74) is 3.33. The number of hydrogen-bond donors (Lipinski definition) is 1. The van der Waals surface area contributed by atoms with Gasteiger partial charge in [-0.15, -0.1) is 23.5 Å². The summed E-state index contributed by atoms with van der Waals surface area (Å²) in [5.74, 6) is 0.954. The second-order valence-corrected chi connectivity index (χ2v) is 19.2. The second kappa shape index (κ2) is 12.0. The molecule has 0 aliphatic rings. The van der Waals surface area contributed by atoms with Gasteiger partial charge in [0.2, 0.25) is 0 Å². The Kier molecular flexibility index (Phi) is 10.3. The molecule has 3 nitrogen and oxygen atoms in total. The van der Waals surface area contributed by atoms with Crippen LogP contribution in [-0.4, -0.2) is 15.2 Å². The molecular weight excluding hydrogens is 533 g/mol. The minimum atomic E-state index is -0.202. The van der Waals surface area contributed by atoms with Crippen LogP contribution in [0.3, 0.4) is 0 Å². The normalized spacial score (nSPS) is 13.5. The van der Waals surface area contributed by atoms with Gasteiger partial charge in [0, 0.05) is 38.5 Å². The molecule has 0 heterocycles. The number of thioether (sulfide) groups is 2. The number of benzene rings is 2. The SMILES string of the molecule is CCCC(=O)Oc1c(C(C)(C)C)cc(SC(C)(C)Sc2cc(C(C)(C)C)c(O)c(C(C)(C)C)c2)cc1C(C)(C)C. The van der Waals surface area contributed by atoms with Crippen molar-refractivity contribution in [1.29, 1.82) is 0 Å². The third-order valence-corrected chi connectivity index (χ3v) is 9.20. The summed E-state index contributed by atoms with van der Waals surface area (Å²) in [7, 11) is 0. The van der Waals surface area contributed by atoms with Gasteiger partial charge in [0.05, 0.1) is 4.08 Å². The number of phenolic OH excluding ortho intramolecular Hbond substituents is 1. The molecule has 224 valence electrons. The van der Waals surface area contributed by atoms with Crippen LogP contribution in [0, 0.1) is 0 Å². The number of ether oxygens (including phenoxy) is 1. The largest absolute Gasteiger partial charge is 0.507 e. The minimum Gasteiger partial charge on any atom is -0.507 e. The Bertz CT molecular complexity index is 1140. The number of carbonyl (C=O) groups excluding carboxylic acids is 1. The van der Waals surface area contributed by atoms with Gasteiger partial charge in [-0.05, 0) is 66.2 Å². The zero-order valence-corrected chi connectivity index (χ0v) is 29.4. The molecule has 2 aromatic carbocycles. The fraction of sp³-hybridized carbons (Fsp3) is 0.629. The minimum absolute atomic E-state index is 0.174. The zero-order chi connectivity index (χ0) is 31.1. The molecule has 0 amide bonds. The predicted molar refractivity (Wildman–Crippen MR) is 176 cm³/mol. The van der Waals surface area contributed by atoms with Gasteiger partial charge in [-0.3, -0.25) is 4.79 Å². The highest BCUT2D eigenvalue weighted by atomic mass is 32.2. The average molecular weight is 587 g/mol. The van der Waals surface area contributed by atoms with Crippen LogP contribution >= 0.6 is 23.5 Å². The molecule has 1 N–H and O–H groups in total. The number of carbonyl (C=O) groups is 1. The lowest BCUT2D eigenvalue weighted by molar-refractivity contribution is -0.134. The van der Waals surface area contributed by atoms with Crippen LogP contribution in [0.2, 0.25) is 0 Å². The Morgan fingerprint density at radius 2 is 0.975 bits per heavy atom. The molecule has 0 aromatic heterocycles. The van der Waals surface area contributed by atoms with Gasteiger partial charge in [0.25, 0.3) is 0 Å². The van der Waals surface area contributed by atoms with Crippen molar-refractivity contribution in [1.82, 2.24) is 0 Å². The first-order valence-electron chi connectivity index (χ1n) is 14.5. The molecule has 0 unspecified atom stereocenters. The van der Waals surface area contributed by atoms with Gasteiger partial charge in [-0.1, -0.05) is 90.0 Å². The van der Waals surface area contributed by atoms with E-state index in [0.717, 1.165) is 44.2 Å². The Morgan fingerprint density at radius 3 is 1.27 bits per heavy atom. The first-order valence-corrected chi connectivity index (χ1v) is 16.2. The van der Waals surface area contributed by atoms with Crippen molar-refractivity contribution in [3.63, 3.8) is 0 Å². The molecule has 0 saturated heterocycles. The molecule has 0 fully saturated rings. The first-order chi connectivity index (χ1) is 17.9. The summed E-state index contributed by atoms with van der Waals surface area (Å²) in [6.07, 6.45) is 1.17. The Balaban J connectivity index is 2.63. The van der Waals surface area contributed by atoms with Crippen molar-refractivity contribution in [2.45, 2.75) is 152 Å². The van der Waals surface area contributed by atoms with Crippen LogP contribution in [0.25, 0.3) is 0 Å². The van der Waals surface area contributed by atoms with Gasteiger partial charge in [0.1, 0.15) is 11.5 Å². The zero-order valence-electron chi connectivity index (χ0n) is 27.8. The van der Waals surface area contributed by atoms with E-state index in [2.05, 4.69) is 121 Å². The first kappa shape index (κ1) is 34.6. The molecule has 2 aromatic rings. The van der Waals surface area contributed by atoms with Crippen LogP contribution < -0.4 is 4.74 Å². The summed E-state index contributed by atoms with van der Waals surface area (Å²) < 4.78 is 5.87. The van der Waals surface area contributed by atoms with Gasteiger partial charge in [-0.2, -0.15) is 0 Å². The van der Waals surface area contributed by atoms with E-state index < -0.39 is 0 Å². The molecule has 40 heavy (non-hydrogen) atoms. The number of rotatable bonds is 7. The Morgan fingerprint density at radius 1 is 0.650 bits per heavy atom. The average Bonchev–Trinajstić information content (AvgIpc) is 2.72. The summed E-state index contributed by atoms with van der Waals surface area (Å²) in [5, 5.41) is 11.2. The van der Waals surface area contributed by atoms with E-state index in [-0.39, 0.29) is 31.7 Å². The van der Waals surface area contributed by atoms with Gasteiger partial charge >= 0.3 is 5.97 Å². The Labute approximate surface area is 253 Å².